The van der Waals surface area contributed by atoms with Crippen LogP contribution in [0.1, 0.15) is 44.3 Å². The van der Waals surface area contributed by atoms with Crippen molar-refractivity contribution in [1.29, 1.82) is 0 Å². The molecule has 1 unspecified atom stereocenters. The number of ether oxygens (including phenoxy) is 1. The molecule has 0 aliphatic carbocycles. The molecule has 0 radical (unpaired) electrons. The normalized spacial score (nSPS) is 16.8. The van der Waals surface area contributed by atoms with Gasteiger partial charge in [-0.25, -0.2) is 0 Å². The van der Waals surface area contributed by atoms with Crippen LogP contribution in [0.25, 0.3) is 11.3 Å². The number of rotatable bonds is 4. The number of hydrogen-bond acceptors (Lipinski definition) is 2. The SMILES string of the molecule is COc1c(Br)cc(Br)cc1-c1ccc(C(C)N2CCCCCC2)[nH]1.Cl. The average molecular weight is 493 g/mol. The molecule has 2 heterocycles. The van der Waals surface area contributed by atoms with Crippen molar-refractivity contribution in [2.24, 2.45) is 0 Å². The van der Waals surface area contributed by atoms with Crippen molar-refractivity contribution in [3.8, 4) is 17.0 Å². The number of aromatic nitrogens is 1. The molecule has 1 atom stereocenters. The number of H-pyrrole nitrogens is 1. The van der Waals surface area contributed by atoms with Gasteiger partial charge in [-0.3, -0.25) is 4.90 Å². The Balaban J connectivity index is 0.00000225. The maximum Gasteiger partial charge on any atom is 0.142 e. The number of hydrogen-bond donors (Lipinski definition) is 1. The van der Waals surface area contributed by atoms with Gasteiger partial charge in [0.1, 0.15) is 5.75 Å². The molecule has 1 fully saturated rings. The number of likely N-dealkylation sites (tertiary alicyclic amines) is 1. The van der Waals surface area contributed by atoms with E-state index in [1.165, 1.54) is 44.5 Å². The highest BCUT2D eigenvalue weighted by Crippen LogP contribution is 2.39. The lowest BCUT2D eigenvalue weighted by molar-refractivity contribution is 0.216. The molecule has 0 bridgehead atoms. The molecular formula is C19H25Br2ClN2O. The van der Waals surface area contributed by atoms with E-state index in [9.17, 15) is 0 Å². The van der Waals surface area contributed by atoms with Crippen LogP contribution in [0.4, 0.5) is 0 Å². The van der Waals surface area contributed by atoms with Gasteiger partial charge < -0.3 is 9.72 Å². The van der Waals surface area contributed by atoms with Crippen LogP contribution in [0.3, 0.4) is 0 Å². The molecule has 2 aromatic rings. The zero-order chi connectivity index (χ0) is 17.1. The summed E-state index contributed by atoms with van der Waals surface area (Å²) >= 11 is 7.16. The van der Waals surface area contributed by atoms with Crippen molar-refractivity contribution >= 4 is 44.3 Å². The van der Waals surface area contributed by atoms with E-state index < -0.39 is 0 Å². The fraction of sp³-hybridized carbons (Fsp3) is 0.474. The second-order valence-electron chi connectivity index (χ2n) is 6.42. The molecule has 1 aliphatic heterocycles. The van der Waals surface area contributed by atoms with Crippen molar-refractivity contribution in [1.82, 2.24) is 9.88 Å². The van der Waals surface area contributed by atoms with Gasteiger partial charge >= 0.3 is 0 Å². The summed E-state index contributed by atoms with van der Waals surface area (Å²) in [6.45, 7) is 4.69. The molecule has 25 heavy (non-hydrogen) atoms. The lowest BCUT2D eigenvalue weighted by Gasteiger charge is -2.26. The average Bonchev–Trinajstić information content (AvgIpc) is 2.89. The molecule has 0 amide bonds. The topological polar surface area (TPSA) is 28.3 Å². The van der Waals surface area contributed by atoms with Crippen molar-refractivity contribution < 1.29 is 4.74 Å². The molecule has 1 N–H and O–H groups in total. The zero-order valence-electron chi connectivity index (χ0n) is 14.6. The Morgan fingerprint density at radius 3 is 2.40 bits per heavy atom. The van der Waals surface area contributed by atoms with Gasteiger partial charge in [0, 0.05) is 27.5 Å². The van der Waals surface area contributed by atoms with Gasteiger partial charge in [0.25, 0.3) is 0 Å². The number of nitrogens with zero attached hydrogens (tertiary/aromatic N) is 1. The maximum absolute atomic E-state index is 5.59. The highest BCUT2D eigenvalue weighted by atomic mass is 79.9. The third-order valence-corrected chi connectivity index (χ3v) is 5.90. The predicted molar refractivity (Wildman–Crippen MR) is 114 cm³/mol. The van der Waals surface area contributed by atoms with E-state index in [1.807, 2.05) is 6.07 Å². The van der Waals surface area contributed by atoms with E-state index in [4.69, 9.17) is 4.74 Å². The summed E-state index contributed by atoms with van der Waals surface area (Å²) in [5.41, 5.74) is 3.42. The first-order valence-electron chi connectivity index (χ1n) is 8.56. The first-order valence-corrected chi connectivity index (χ1v) is 10.1. The van der Waals surface area contributed by atoms with E-state index in [0.717, 1.165) is 26.0 Å². The summed E-state index contributed by atoms with van der Waals surface area (Å²) < 4.78 is 7.57. The summed E-state index contributed by atoms with van der Waals surface area (Å²) in [6, 6.07) is 8.87. The largest absolute Gasteiger partial charge is 0.495 e. The van der Waals surface area contributed by atoms with Crippen molar-refractivity contribution in [2.45, 2.75) is 38.6 Å². The summed E-state index contributed by atoms with van der Waals surface area (Å²) in [7, 11) is 1.71. The first kappa shape index (κ1) is 20.8. The van der Waals surface area contributed by atoms with Crippen molar-refractivity contribution in [3.63, 3.8) is 0 Å². The van der Waals surface area contributed by atoms with Crippen LogP contribution in [0.2, 0.25) is 0 Å². The quantitative estimate of drug-likeness (QED) is 0.523. The van der Waals surface area contributed by atoms with Crippen LogP contribution in [0, 0.1) is 0 Å². The van der Waals surface area contributed by atoms with Crippen molar-refractivity contribution in [3.05, 3.63) is 38.9 Å². The Bertz CT molecular complexity index is 697. The lowest BCUT2D eigenvalue weighted by atomic mass is 10.1. The maximum atomic E-state index is 5.59. The van der Waals surface area contributed by atoms with Gasteiger partial charge in [0.2, 0.25) is 0 Å². The Morgan fingerprint density at radius 1 is 1.08 bits per heavy atom. The summed E-state index contributed by atoms with van der Waals surface area (Å²) in [4.78, 5) is 6.21. The highest BCUT2D eigenvalue weighted by Gasteiger charge is 2.20. The van der Waals surface area contributed by atoms with Gasteiger partial charge in [0.15, 0.2) is 0 Å². The molecule has 0 spiro atoms. The van der Waals surface area contributed by atoms with Gasteiger partial charge in [-0.05, 0) is 73.1 Å². The first-order chi connectivity index (χ1) is 11.6. The second kappa shape index (κ2) is 9.45. The summed E-state index contributed by atoms with van der Waals surface area (Å²) in [6.07, 6.45) is 5.35. The van der Waals surface area contributed by atoms with Crippen LogP contribution >= 0.6 is 44.3 Å². The molecule has 1 aliphatic rings. The molecule has 138 valence electrons. The number of nitrogens with one attached hydrogen (secondary N) is 1. The van der Waals surface area contributed by atoms with Crippen LogP contribution < -0.4 is 4.74 Å². The van der Waals surface area contributed by atoms with Crippen LogP contribution in [0.5, 0.6) is 5.75 Å². The number of aromatic amines is 1. The van der Waals surface area contributed by atoms with Gasteiger partial charge in [0.05, 0.1) is 11.6 Å². The second-order valence-corrected chi connectivity index (χ2v) is 8.19. The number of halogens is 3. The summed E-state index contributed by atoms with van der Waals surface area (Å²) in [5, 5.41) is 0. The van der Waals surface area contributed by atoms with E-state index in [1.54, 1.807) is 7.11 Å². The third kappa shape index (κ3) is 4.82. The van der Waals surface area contributed by atoms with Crippen LogP contribution in [-0.4, -0.2) is 30.1 Å². The molecule has 6 heteroatoms. The fourth-order valence-electron chi connectivity index (χ4n) is 3.46. The molecule has 1 aromatic carbocycles. The monoisotopic (exact) mass is 490 g/mol. The fourth-order valence-corrected chi connectivity index (χ4v) is 4.85. The Labute approximate surface area is 173 Å². The number of methoxy groups -OCH3 is 1. The van der Waals surface area contributed by atoms with Crippen molar-refractivity contribution in [2.75, 3.05) is 20.2 Å². The Morgan fingerprint density at radius 2 is 1.76 bits per heavy atom. The Kier molecular flexibility index (Phi) is 7.87. The van der Waals surface area contributed by atoms with E-state index in [2.05, 4.69) is 66.9 Å². The van der Waals surface area contributed by atoms with E-state index >= 15 is 0 Å². The molecule has 1 aromatic heterocycles. The molecule has 1 saturated heterocycles. The lowest BCUT2D eigenvalue weighted by Crippen LogP contribution is -2.28. The molecule has 3 nitrogen and oxygen atoms in total. The highest BCUT2D eigenvalue weighted by molar-refractivity contribution is 9.11. The number of benzene rings is 1. The minimum absolute atomic E-state index is 0. The minimum atomic E-state index is 0. The van der Waals surface area contributed by atoms with Crippen LogP contribution in [0.15, 0.2) is 33.2 Å². The van der Waals surface area contributed by atoms with Gasteiger partial charge in [-0.15, -0.1) is 12.4 Å². The standard InChI is InChI=1S/C19H24Br2N2O.ClH/c1-13(23-9-5-3-4-6-10-23)17-7-8-18(22-17)15-11-14(20)12-16(21)19(15)24-2;/h7-8,11-13,22H,3-6,9-10H2,1-2H3;1H. The van der Waals surface area contributed by atoms with Gasteiger partial charge in [-0.1, -0.05) is 28.8 Å². The molecule has 0 saturated carbocycles. The van der Waals surface area contributed by atoms with Crippen LogP contribution in [-0.2, 0) is 0 Å². The smallest absolute Gasteiger partial charge is 0.142 e. The third-order valence-electron chi connectivity index (χ3n) is 4.85. The van der Waals surface area contributed by atoms with E-state index in [0.29, 0.717) is 6.04 Å². The van der Waals surface area contributed by atoms with E-state index in [-0.39, 0.29) is 12.4 Å². The Hall–Kier alpha value is -0.490. The minimum Gasteiger partial charge on any atom is -0.495 e. The summed E-state index contributed by atoms with van der Waals surface area (Å²) in [5.74, 6) is 0.856. The molecular weight excluding hydrogens is 467 g/mol. The molecule has 3 rings (SSSR count). The predicted octanol–water partition coefficient (Wildman–Crippen LogP) is 6.57. The zero-order valence-corrected chi connectivity index (χ0v) is 18.6. The van der Waals surface area contributed by atoms with Gasteiger partial charge in [-0.2, -0.15) is 0 Å².